The highest BCUT2D eigenvalue weighted by Gasteiger charge is 2.29. The van der Waals surface area contributed by atoms with Gasteiger partial charge in [0.25, 0.3) is 0 Å². The molecule has 22 heavy (non-hydrogen) atoms. The topological polar surface area (TPSA) is 91.4 Å². The molecule has 0 bridgehead atoms. The van der Waals surface area contributed by atoms with Crippen molar-refractivity contribution in [1.82, 2.24) is 10.3 Å². The van der Waals surface area contributed by atoms with Crippen molar-refractivity contribution in [2.45, 2.75) is 25.3 Å². The van der Waals surface area contributed by atoms with Gasteiger partial charge in [0.1, 0.15) is 0 Å². The number of carbonyl (C=O) groups is 1. The smallest absolute Gasteiger partial charge is 0.319 e. The summed E-state index contributed by atoms with van der Waals surface area (Å²) in [7, 11) is -3.00. The van der Waals surface area contributed by atoms with E-state index in [4.69, 9.17) is 0 Å². The van der Waals surface area contributed by atoms with Crippen LogP contribution in [0.1, 0.15) is 19.3 Å². The Kier molecular flexibility index (Phi) is 4.19. The Morgan fingerprint density at radius 1 is 1.32 bits per heavy atom. The number of carbonyl (C=O) groups excluding carboxylic acids is 1. The van der Waals surface area contributed by atoms with Crippen molar-refractivity contribution in [1.29, 1.82) is 0 Å². The molecule has 1 aromatic rings. The van der Waals surface area contributed by atoms with Crippen LogP contribution in [0.4, 0.5) is 16.3 Å². The van der Waals surface area contributed by atoms with Gasteiger partial charge in [-0.3, -0.25) is 0 Å². The van der Waals surface area contributed by atoms with Crippen LogP contribution in [0.5, 0.6) is 0 Å². The van der Waals surface area contributed by atoms with E-state index < -0.39 is 9.84 Å². The van der Waals surface area contributed by atoms with Gasteiger partial charge >= 0.3 is 6.03 Å². The Morgan fingerprint density at radius 2 is 2.09 bits per heavy atom. The SMILES string of the molecule is O=C(Nc1cccnc1N1CCCC1)N[C@H]1CCS(=O)(=O)C1. The van der Waals surface area contributed by atoms with E-state index in [1.54, 1.807) is 12.3 Å². The molecule has 7 nitrogen and oxygen atoms in total. The van der Waals surface area contributed by atoms with Gasteiger partial charge in [-0.05, 0) is 31.4 Å². The predicted octanol–water partition coefficient (Wildman–Crippen LogP) is 0.990. The highest BCUT2D eigenvalue weighted by atomic mass is 32.2. The number of hydrogen-bond donors (Lipinski definition) is 2. The summed E-state index contributed by atoms with van der Waals surface area (Å²) in [5, 5.41) is 5.52. The van der Waals surface area contributed by atoms with Crippen LogP contribution in [-0.2, 0) is 9.84 Å². The molecule has 2 N–H and O–H groups in total. The van der Waals surface area contributed by atoms with Crippen LogP contribution in [0.2, 0.25) is 0 Å². The fourth-order valence-electron chi connectivity index (χ4n) is 2.93. The van der Waals surface area contributed by atoms with E-state index in [2.05, 4.69) is 20.5 Å². The number of amides is 2. The van der Waals surface area contributed by atoms with Crippen LogP contribution in [0.25, 0.3) is 0 Å². The Hall–Kier alpha value is -1.83. The van der Waals surface area contributed by atoms with E-state index in [-0.39, 0.29) is 23.6 Å². The summed E-state index contributed by atoms with van der Waals surface area (Å²) in [6.07, 6.45) is 4.44. The maximum Gasteiger partial charge on any atom is 0.319 e. The molecule has 0 spiro atoms. The predicted molar refractivity (Wildman–Crippen MR) is 84.9 cm³/mol. The van der Waals surface area contributed by atoms with Gasteiger partial charge in [-0.15, -0.1) is 0 Å². The van der Waals surface area contributed by atoms with Gasteiger partial charge in [0.2, 0.25) is 0 Å². The second-order valence-corrected chi connectivity index (χ2v) is 8.00. The number of sulfone groups is 1. The minimum atomic E-state index is -3.00. The number of hydrogen-bond acceptors (Lipinski definition) is 5. The summed E-state index contributed by atoms with van der Waals surface area (Å²) < 4.78 is 22.8. The molecule has 2 amide bonds. The van der Waals surface area contributed by atoms with E-state index in [1.165, 1.54) is 0 Å². The normalized spacial score (nSPS) is 23.5. The maximum atomic E-state index is 12.1. The first-order valence-electron chi connectivity index (χ1n) is 7.51. The third kappa shape index (κ3) is 3.49. The fraction of sp³-hybridized carbons (Fsp3) is 0.571. The van der Waals surface area contributed by atoms with Crippen molar-refractivity contribution in [3.63, 3.8) is 0 Å². The largest absolute Gasteiger partial charge is 0.355 e. The standard InChI is InChI=1S/C14H20N4O3S/c19-14(16-11-5-9-22(20,21)10-11)17-12-4-3-6-15-13(12)18-7-1-2-8-18/h3-4,6,11H,1-2,5,7-10H2,(H2,16,17,19)/t11-/m0/s1. The number of nitrogens with zero attached hydrogens (tertiary/aromatic N) is 2. The molecule has 2 saturated heterocycles. The molecule has 0 radical (unpaired) electrons. The van der Waals surface area contributed by atoms with Gasteiger partial charge in [0, 0.05) is 25.3 Å². The molecule has 2 aliphatic heterocycles. The second-order valence-electron chi connectivity index (χ2n) is 5.77. The van der Waals surface area contributed by atoms with Gasteiger partial charge in [0.05, 0.1) is 17.2 Å². The molecular weight excluding hydrogens is 304 g/mol. The average Bonchev–Trinajstić information content (AvgIpc) is 3.09. The summed E-state index contributed by atoms with van der Waals surface area (Å²) in [4.78, 5) is 18.6. The van der Waals surface area contributed by atoms with Crippen molar-refractivity contribution < 1.29 is 13.2 Å². The molecule has 0 aromatic carbocycles. The lowest BCUT2D eigenvalue weighted by Crippen LogP contribution is -2.39. The number of pyridine rings is 1. The summed E-state index contributed by atoms with van der Waals surface area (Å²) in [6.45, 7) is 1.88. The highest BCUT2D eigenvalue weighted by Crippen LogP contribution is 2.26. The van der Waals surface area contributed by atoms with Crippen LogP contribution in [0.3, 0.4) is 0 Å². The number of aromatic nitrogens is 1. The van der Waals surface area contributed by atoms with Crippen molar-refractivity contribution in [2.75, 3.05) is 34.8 Å². The van der Waals surface area contributed by atoms with E-state index in [1.807, 2.05) is 6.07 Å². The zero-order chi connectivity index (χ0) is 15.6. The zero-order valence-corrected chi connectivity index (χ0v) is 13.1. The van der Waals surface area contributed by atoms with Crippen molar-refractivity contribution in [3.05, 3.63) is 18.3 Å². The molecule has 1 aromatic heterocycles. The third-order valence-corrected chi connectivity index (χ3v) is 5.78. The summed E-state index contributed by atoms with van der Waals surface area (Å²) in [5.41, 5.74) is 0.655. The first-order valence-corrected chi connectivity index (χ1v) is 9.33. The van der Waals surface area contributed by atoms with E-state index >= 15 is 0 Å². The quantitative estimate of drug-likeness (QED) is 0.865. The number of rotatable bonds is 3. The minimum absolute atomic E-state index is 0.0203. The van der Waals surface area contributed by atoms with Crippen LogP contribution in [0, 0.1) is 0 Å². The summed E-state index contributed by atoms with van der Waals surface area (Å²) >= 11 is 0. The molecular formula is C14H20N4O3S. The number of nitrogens with one attached hydrogen (secondary N) is 2. The lowest BCUT2D eigenvalue weighted by molar-refractivity contribution is 0.249. The lowest BCUT2D eigenvalue weighted by Gasteiger charge is -2.20. The molecule has 0 saturated carbocycles. The Balaban J connectivity index is 1.64. The van der Waals surface area contributed by atoms with E-state index in [0.29, 0.717) is 12.1 Å². The summed E-state index contributed by atoms with van der Waals surface area (Å²) in [5.74, 6) is 0.935. The van der Waals surface area contributed by atoms with Crippen LogP contribution < -0.4 is 15.5 Å². The van der Waals surface area contributed by atoms with E-state index in [0.717, 1.165) is 31.7 Å². The van der Waals surface area contributed by atoms with Gasteiger partial charge in [-0.25, -0.2) is 18.2 Å². The van der Waals surface area contributed by atoms with Crippen LogP contribution in [0.15, 0.2) is 18.3 Å². The minimum Gasteiger partial charge on any atom is -0.355 e. The van der Waals surface area contributed by atoms with Crippen molar-refractivity contribution in [3.8, 4) is 0 Å². The molecule has 0 unspecified atom stereocenters. The van der Waals surface area contributed by atoms with Crippen LogP contribution >= 0.6 is 0 Å². The van der Waals surface area contributed by atoms with Gasteiger partial charge in [-0.2, -0.15) is 0 Å². The molecule has 1 atom stereocenters. The molecule has 8 heteroatoms. The monoisotopic (exact) mass is 324 g/mol. The van der Waals surface area contributed by atoms with E-state index in [9.17, 15) is 13.2 Å². The van der Waals surface area contributed by atoms with Crippen molar-refractivity contribution in [2.24, 2.45) is 0 Å². The lowest BCUT2D eigenvalue weighted by atomic mass is 10.3. The fourth-order valence-corrected chi connectivity index (χ4v) is 4.60. The van der Waals surface area contributed by atoms with Gasteiger partial charge in [-0.1, -0.05) is 0 Å². The molecule has 0 aliphatic carbocycles. The third-order valence-electron chi connectivity index (χ3n) is 4.01. The average molecular weight is 324 g/mol. The molecule has 3 heterocycles. The maximum absolute atomic E-state index is 12.1. The Labute approximate surface area is 130 Å². The molecule has 2 fully saturated rings. The second kappa shape index (κ2) is 6.12. The summed E-state index contributed by atoms with van der Waals surface area (Å²) in [6, 6.07) is 2.90. The zero-order valence-electron chi connectivity index (χ0n) is 12.3. The molecule has 2 aliphatic rings. The Bertz CT molecular complexity index is 656. The first-order chi connectivity index (χ1) is 10.5. The number of anilines is 2. The van der Waals surface area contributed by atoms with Gasteiger partial charge < -0.3 is 15.5 Å². The molecule has 120 valence electrons. The molecule has 3 rings (SSSR count). The Morgan fingerprint density at radius 3 is 2.77 bits per heavy atom. The van der Waals surface area contributed by atoms with Crippen LogP contribution in [-0.4, -0.2) is 50.1 Å². The van der Waals surface area contributed by atoms with Crippen molar-refractivity contribution >= 4 is 27.4 Å². The number of urea groups is 1. The van der Waals surface area contributed by atoms with Gasteiger partial charge in [0.15, 0.2) is 15.7 Å². The highest BCUT2D eigenvalue weighted by molar-refractivity contribution is 7.91. The first kappa shape index (κ1) is 15.1.